The van der Waals surface area contributed by atoms with E-state index >= 15 is 0 Å². The summed E-state index contributed by atoms with van der Waals surface area (Å²) < 4.78 is 19.0. The van der Waals surface area contributed by atoms with E-state index in [1.54, 1.807) is 31.1 Å². The smallest absolute Gasteiger partial charge is 0.227 e. The zero-order chi connectivity index (χ0) is 14.0. The number of ether oxygens (including phenoxy) is 1. The molecule has 2 aromatic rings. The second-order valence-corrected chi connectivity index (χ2v) is 4.22. The van der Waals surface area contributed by atoms with Gasteiger partial charge in [0.25, 0.3) is 0 Å². The largest absolute Gasteiger partial charge is 0.497 e. The van der Waals surface area contributed by atoms with Crippen molar-refractivity contribution in [3.63, 3.8) is 0 Å². The molecule has 0 atom stereocenters. The second-order valence-electron chi connectivity index (χ2n) is 4.22. The monoisotopic (exact) mass is 262 g/mol. The summed E-state index contributed by atoms with van der Waals surface area (Å²) in [4.78, 5) is 10.1. The molecule has 0 aliphatic rings. The molecular weight excluding hydrogens is 247 g/mol. The topological polar surface area (TPSA) is 64.3 Å². The van der Waals surface area contributed by atoms with Crippen LogP contribution in [0.2, 0.25) is 0 Å². The Labute approximate surface area is 110 Å². The molecule has 0 saturated carbocycles. The van der Waals surface area contributed by atoms with E-state index in [1.807, 2.05) is 0 Å². The summed E-state index contributed by atoms with van der Waals surface area (Å²) >= 11 is 0. The van der Waals surface area contributed by atoms with Gasteiger partial charge in [-0.3, -0.25) is 0 Å². The van der Waals surface area contributed by atoms with Crippen LogP contribution in [0.15, 0.2) is 24.3 Å². The van der Waals surface area contributed by atoms with E-state index in [9.17, 15) is 4.39 Å². The molecule has 0 aliphatic carbocycles. The molecule has 2 N–H and O–H groups in total. The number of nitrogens with two attached hydrogens (primary N) is 1. The summed E-state index contributed by atoms with van der Waals surface area (Å²) in [5, 5.41) is 0. The molecule has 1 aromatic carbocycles. The van der Waals surface area contributed by atoms with Crippen LogP contribution in [-0.4, -0.2) is 31.2 Å². The van der Waals surface area contributed by atoms with E-state index in [0.717, 1.165) is 0 Å². The fraction of sp³-hybridized carbons (Fsp3) is 0.231. The van der Waals surface area contributed by atoms with Gasteiger partial charge in [-0.1, -0.05) is 0 Å². The standard InChI is InChI=1S/C13H15FN4O/c1-18(2)13-16-11(7-12(15)17-13)9-6-8(19-3)4-5-10(9)14/h4-7H,1-3H3,(H2,15,16,17). The summed E-state index contributed by atoms with van der Waals surface area (Å²) in [6.45, 7) is 0. The number of nitrogens with zero attached hydrogens (tertiary/aromatic N) is 3. The Morgan fingerprint density at radius 3 is 2.58 bits per heavy atom. The van der Waals surface area contributed by atoms with Crippen molar-refractivity contribution in [2.45, 2.75) is 0 Å². The van der Waals surface area contributed by atoms with Gasteiger partial charge in [0.2, 0.25) is 5.95 Å². The van der Waals surface area contributed by atoms with Gasteiger partial charge in [0.1, 0.15) is 17.4 Å². The number of methoxy groups -OCH3 is 1. The Morgan fingerprint density at radius 2 is 1.95 bits per heavy atom. The summed E-state index contributed by atoms with van der Waals surface area (Å²) in [6.07, 6.45) is 0. The van der Waals surface area contributed by atoms with Crippen LogP contribution in [0.4, 0.5) is 16.2 Å². The maximum absolute atomic E-state index is 13.9. The minimum absolute atomic E-state index is 0.288. The van der Waals surface area contributed by atoms with Crippen LogP contribution in [0.25, 0.3) is 11.3 Å². The highest BCUT2D eigenvalue weighted by atomic mass is 19.1. The first-order valence-corrected chi connectivity index (χ1v) is 5.67. The fourth-order valence-corrected chi connectivity index (χ4v) is 1.62. The van der Waals surface area contributed by atoms with Crippen LogP contribution < -0.4 is 15.4 Å². The molecule has 1 aromatic heterocycles. The van der Waals surface area contributed by atoms with Gasteiger partial charge in [-0.2, -0.15) is 4.98 Å². The van der Waals surface area contributed by atoms with Gasteiger partial charge >= 0.3 is 0 Å². The van der Waals surface area contributed by atoms with E-state index in [4.69, 9.17) is 10.5 Å². The molecule has 0 spiro atoms. The normalized spacial score (nSPS) is 10.3. The first-order chi connectivity index (χ1) is 9.01. The molecule has 19 heavy (non-hydrogen) atoms. The van der Waals surface area contributed by atoms with Gasteiger partial charge in [0, 0.05) is 25.7 Å². The predicted molar refractivity (Wildman–Crippen MR) is 72.7 cm³/mol. The summed E-state index contributed by atoms with van der Waals surface area (Å²) in [5.74, 6) is 0.886. The molecule has 1 heterocycles. The number of rotatable bonds is 3. The molecule has 100 valence electrons. The number of anilines is 2. The summed E-state index contributed by atoms with van der Waals surface area (Å²) in [5.41, 5.74) is 6.48. The zero-order valence-electron chi connectivity index (χ0n) is 11.0. The van der Waals surface area contributed by atoms with E-state index in [2.05, 4.69) is 9.97 Å². The first kappa shape index (κ1) is 13.1. The van der Waals surface area contributed by atoms with Crippen molar-refractivity contribution in [3.8, 4) is 17.0 Å². The Hall–Kier alpha value is -2.37. The van der Waals surface area contributed by atoms with Crippen molar-refractivity contribution >= 4 is 11.8 Å². The molecule has 0 fully saturated rings. The van der Waals surface area contributed by atoms with Crippen LogP contribution >= 0.6 is 0 Å². The second kappa shape index (κ2) is 5.09. The van der Waals surface area contributed by atoms with Crippen molar-refractivity contribution in [3.05, 3.63) is 30.1 Å². The highest BCUT2D eigenvalue weighted by molar-refractivity contribution is 5.66. The maximum atomic E-state index is 13.9. The van der Waals surface area contributed by atoms with Crippen LogP contribution in [0, 0.1) is 5.82 Å². The Kier molecular flexibility index (Phi) is 3.50. The van der Waals surface area contributed by atoms with E-state index in [0.29, 0.717) is 23.0 Å². The van der Waals surface area contributed by atoms with Crippen molar-refractivity contribution in [2.75, 3.05) is 31.8 Å². The van der Waals surface area contributed by atoms with Crippen LogP contribution in [0.1, 0.15) is 0 Å². The van der Waals surface area contributed by atoms with E-state index in [-0.39, 0.29) is 11.6 Å². The van der Waals surface area contributed by atoms with Crippen LogP contribution in [0.5, 0.6) is 5.75 Å². The van der Waals surface area contributed by atoms with Gasteiger partial charge in [-0.15, -0.1) is 0 Å². The third-order valence-corrected chi connectivity index (χ3v) is 2.58. The molecule has 0 saturated heterocycles. The van der Waals surface area contributed by atoms with Crippen molar-refractivity contribution < 1.29 is 9.13 Å². The molecule has 2 rings (SSSR count). The maximum Gasteiger partial charge on any atom is 0.227 e. The summed E-state index contributed by atoms with van der Waals surface area (Å²) in [7, 11) is 5.11. The zero-order valence-corrected chi connectivity index (χ0v) is 11.0. The third kappa shape index (κ3) is 2.73. The van der Waals surface area contributed by atoms with Gasteiger partial charge in [0.15, 0.2) is 0 Å². The predicted octanol–water partition coefficient (Wildman–Crippen LogP) is 1.94. The highest BCUT2D eigenvalue weighted by Crippen LogP contribution is 2.27. The van der Waals surface area contributed by atoms with Crippen molar-refractivity contribution in [1.82, 2.24) is 9.97 Å². The lowest BCUT2D eigenvalue weighted by Gasteiger charge is -2.13. The number of hydrogen-bond acceptors (Lipinski definition) is 5. The van der Waals surface area contributed by atoms with Crippen LogP contribution in [0.3, 0.4) is 0 Å². The van der Waals surface area contributed by atoms with Gasteiger partial charge in [-0.05, 0) is 18.2 Å². The molecule has 6 heteroatoms. The molecule has 0 amide bonds. The average Bonchev–Trinajstić information content (AvgIpc) is 2.38. The lowest BCUT2D eigenvalue weighted by Crippen LogP contribution is -2.14. The summed E-state index contributed by atoms with van der Waals surface area (Å²) in [6, 6.07) is 6.00. The van der Waals surface area contributed by atoms with Gasteiger partial charge in [0.05, 0.1) is 12.8 Å². The number of nitrogen functional groups attached to an aromatic ring is 1. The Balaban J connectivity index is 2.58. The van der Waals surface area contributed by atoms with Crippen LogP contribution in [-0.2, 0) is 0 Å². The average molecular weight is 262 g/mol. The lowest BCUT2D eigenvalue weighted by atomic mass is 10.1. The molecular formula is C13H15FN4O. The number of hydrogen-bond donors (Lipinski definition) is 1. The van der Waals surface area contributed by atoms with Crippen molar-refractivity contribution in [1.29, 1.82) is 0 Å². The molecule has 5 nitrogen and oxygen atoms in total. The van der Waals surface area contributed by atoms with E-state index < -0.39 is 0 Å². The van der Waals surface area contributed by atoms with E-state index in [1.165, 1.54) is 19.2 Å². The molecule has 0 bridgehead atoms. The number of halogens is 1. The Morgan fingerprint density at radius 1 is 1.21 bits per heavy atom. The number of benzene rings is 1. The van der Waals surface area contributed by atoms with Gasteiger partial charge in [-0.25, -0.2) is 9.37 Å². The Bertz CT molecular complexity index is 601. The minimum atomic E-state index is -0.386. The lowest BCUT2D eigenvalue weighted by molar-refractivity contribution is 0.414. The van der Waals surface area contributed by atoms with Gasteiger partial charge < -0.3 is 15.4 Å². The quantitative estimate of drug-likeness (QED) is 0.915. The highest BCUT2D eigenvalue weighted by Gasteiger charge is 2.11. The molecule has 0 radical (unpaired) electrons. The minimum Gasteiger partial charge on any atom is -0.497 e. The molecule has 0 aliphatic heterocycles. The third-order valence-electron chi connectivity index (χ3n) is 2.58. The fourth-order valence-electron chi connectivity index (χ4n) is 1.62. The molecule has 0 unspecified atom stereocenters. The van der Waals surface area contributed by atoms with Crippen molar-refractivity contribution in [2.24, 2.45) is 0 Å². The number of aromatic nitrogens is 2. The first-order valence-electron chi connectivity index (χ1n) is 5.67. The SMILES string of the molecule is COc1ccc(F)c(-c2cc(N)nc(N(C)C)n2)c1.